The zero-order chi connectivity index (χ0) is 24.3. The number of fused-ring (bicyclic) bond motifs is 3. The van der Waals surface area contributed by atoms with Crippen molar-refractivity contribution in [3.05, 3.63) is 72.3 Å². The van der Waals surface area contributed by atoms with Crippen LogP contribution < -0.4 is 5.32 Å². The minimum absolute atomic E-state index is 0.0424. The summed E-state index contributed by atoms with van der Waals surface area (Å²) in [5, 5.41) is 11.5. The summed E-state index contributed by atoms with van der Waals surface area (Å²) in [6.45, 7) is 4.66. The highest BCUT2D eigenvalue weighted by Gasteiger charge is 2.29. The maximum Gasteiger partial charge on any atom is 0.409 e. The van der Waals surface area contributed by atoms with Crippen LogP contribution in [0.4, 0.5) is 9.59 Å². The molecule has 180 valence electrons. The van der Waals surface area contributed by atoms with E-state index in [0.717, 1.165) is 22.3 Å². The molecule has 34 heavy (non-hydrogen) atoms. The second-order valence-electron chi connectivity index (χ2n) is 7.96. The zero-order valence-corrected chi connectivity index (χ0v) is 19.1. The molecule has 8 heteroatoms. The Balaban J connectivity index is 1.58. The fraction of sp³-hybridized carbons (Fsp3) is 0.346. The van der Waals surface area contributed by atoms with Gasteiger partial charge in [0.05, 0.1) is 0 Å². The van der Waals surface area contributed by atoms with Crippen LogP contribution in [-0.4, -0.2) is 61.0 Å². The largest absolute Gasteiger partial charge is 0.481 e. The van der Waals surface area contributed by atoms with Crippen molar-refractivity contribution in [1.29, 1.82) is 0 Å². The van der Waals surface area contributed by atoms with Crippen molar-refractivity contribution in [3.8, 4) is 11.1 Å². The van der Waals surface area contributed by atoms with Gasteiger partial charge >= 0.3 is 18.2 Å². The average Bonchev–Trinajstić information content (AvgIpc) is 3.16. The molecular formula is C26H30N2O6. The molecule has 0 saturated heterocycles. The number of amides is 2. The van der Waals surface area contributed by atoms with Gasteiger partial charge in [-0.1, -0.05) is 61.2 Å². The topological polar surface area (TPSA) is 105 Å². The summed E-state index contributed by atoms with van der Waals surface area (Å²) < 4.78 is 10.6. The van der Waals surface area contributed by atoms with Gasteiger partial charge in [-0.15, -0.1) is 0 Å². The number of carboxylic acid groups (broad SMARTS) is 1. The van der Waals surface area contributed by atoms with E-state index in [0.29, 0.717) is 25.9 Å². The molecule has 1 aliphatic carbocycles. The number of ether oxygens (including phenoxy) is 2. The van der Waals surface area contributed by atoms with Crippen molar-refractivity contribution in [2.45, 2.75) is 25.2 Å². The Morgan fingerprint density at radius 1 is 0.971 bits per heavy atom. The molecule has 2 aromatic rings. The predicted octanol–water partition coefficient (Wildman–Crippen LogP) is 4.40. The Labute approximate surface area is 199 Å². The molecule has 2 aromatic carbocycles. The number of alkyl carbamates (subject to hydrolysis) is 1. The van der Waals surface area contributed by atoms with E-state index >= 15 is 0 Å². The van der Waals surface area contributed by atoms with Gasteiger partial charge in [-0.2, -0.15) is 0 Å². The molecular weight excluding hydrogens is 436 g/mol. The number of rotatable bonds is 12. The first-order valence-corrected chi connectivity index (χ1v) is 11.3. The van der Waals surface area contributed by atoms with Gasteiger partial charge in [-0.3, -0.25) is 4.79 Å². The molecule has 8 nitrogen and oxygen atoms in total. The number of hydrogen-bond donors (Lipinski definition) is 2. The first kappa shape index (κ1) is 24.8. The third kappa shape index (κ3) is 6.60. The third-order valence-corrected chi connectivity index (χ3v) is 5.62. The van der Waals surface area contributed by atoms with E-state index in [2.05, 4.69) is 36.2 Å². The highest BCUT2D eigenvalue weighted by atomic mass is 16.6. The maximum absolute atomic E-state index is 12.9. The molecule has 2 amide bonds. The van der Waals surface area contributed by atoms with Crippen molar-refractivity contribution in [1.82, 2.24) is 10.2 Å². The summed E-state index contributed by atoms with van der Waals surface area (Å²) in [7, 11) is 0. The Morgan fingerprint density at radius 2 is 1.59 bits per heavy atom. The molecule has 0 saturated carbocycles. The fourth-order valence-corrected chi connectivity index (χ4v) is 4.05. The monoisotopic (exact) mass is 466 g/mol. The Morgan fingerprint density at radius 3 is 2.21 bits per heavy atom. The molecule has 0 bridgehead atoms. The first-order chi connectivity index (χ1) is 16.5. The molecule has 0 heterocycles. The van der Waals surface area contributed by atoms with Crippen molar-refractivity contribution >= 4 is 18.2 Å². The van der Waals surface area contributed by atoms with Crippen molar-refractivity contribution < 1.29 is 29.0 Å². The number of carbonyl (C=O) groups excluding carboxylic acids is 2. The highest BCUT2D eigenvalue weighted by Crippen LogP contribution is 2.44. The van der Waals surface area contributed by atoms with Crippen LogP contribution in [0.5, 0.6) is 0 Å². The predicted molar refractivity (Wildman–Crippen MR) is 128 cm³/mol. The van der Waals surface area contributed by atoms with E-state index in [1.165, 1.54) is 11.0 Å². The van der Waals surface area contributed by atoms with E-state index in [4.69, 9.17) is 14.6 Å². The second kappa shape index (κ2) is 12.4. The van der Waals surface area contributed by atoms with E-state index in [9.17, 15) is 14.4 Å². The van der Waals surface area contributed by atoms with E-state index < -0.39 is 18.2 Å². The molecule has 0 radical (unpaired) electrons. The van der Waals surface area contributed by atoms with Crippen LogP contribution in [0.3, 0.4) is 0 Å². The van der Waals surface area contributed by atoms with E-state index in [1.807, 2.05) is 24.3 Å². The van der Waals surface area contributed by atoms with Crippen molar-refractivity contribution in [3.63, 3.8) is 0 Å². The Bertz CT molecular complexity index is 976. The van der Waals surface area contributed by atoms with Crippen molar-refractivity contribution in [2.75, 3.05) is 32.8 Å². The van der Waals surface area contributed by atoms with Gasteiger partial charge in [0.25, 0.3) is 0 Å². The SMILES string of the molecule is C=CCOC(=O)NCCCN(CCCC(=O)O)C(=O)OCC1c2ccccc2-c2ccccc21. The smallest absolute Gasteiger partial charge is 0.409 e. The Hall–Kier alpha value is -3.81. The average molecular weight is 467 g/mol. The van der Waals surface area contributed by atoms with E-state index in [1.54, 1.807) is 0 Å². The number of benzene rings is 2. The van der Waals surface area contributed by atoms with Crippen LogP contribution in [0.1, 0.15) is 36.3 Å². The summed E-state index contributed by atoms with van der Waals surface area (Å²) in [5.74, 6) is -0.974. The van der Waals surface area contributed by atoms with Crippen LogP contribution >= 0.6 is 0 Å². The van der Waals surface area contributed by atoms with Gasteiger partial charge in [0, 0.05) is 32.0 Å². The normalized spacial score (nSPS) is 11.8. The molecule has 0 fully saturated rings. The van der Waals surface area contributed by atoms with Crippen LogP contribution in [0.2, 0.25) is 0 Å². The molecule has 0 spiro atoms. The maximum atomic E-state index is 12.9. The molecule has 2 N–H and O–H groups in total. The van der Waals surface area contributed by atoms with Gasteiger partial charge in [0.1, 0.15) is 13.2 Å². The molecule has 3 rings (SSSR count). The minimum Gasteiger partial charge on any atom is -0.481 e. The van der Waals surface area contributed by atoms with Crippen LogP contribution in [0.25, 0.3) is 11.1 Å². The van der Waals surface area contributed by atoms with Gasteiger partial charge in [0.2, 0.25) is 0 Å². The Kier molecular flexibility index (Phi) is 9.08. The minimum atomic E-state index is -0.917. The number of carbonyl (C=O) groups is 3. The van der Waals surface area contributed by atoms with E-state index in [-0.39, 0.29) is 32.1 Å². The molecule has 0 atom stereocenters. The zero-order valence-electron chi connectivity index (χ0n) is 19.1. The lowest BCUT2D eigenvalue weighted by molar-refractivity contribution is -0.137. The lowest BCUT2D eigenvalue weighted by Gasteiger charge is -2.23. The lowest BCUT2D eigenvalue weighted by atomic mass is 9.98. The third-order valence-electron chi connectivity index (χ3n) is 5.62. The van der Waals surface area contributed by atoms with Crippen LogP contribution in [0, 0.1) is 0 Å². The summed E-state index contributed by atoms with van der Waals surface area (Å²) in [4.78, 5) is 36.8. The summed E-state index contributed by atoms with van der Waals surface area (Å²) in [5.41, 5.74) is 4.53. The number of carboxylic acids is 1. The molecule has 0 aliphatic heterocycles. The van der Waals surface area contributed by atoms with Crippen LogP contribution in [0.15, 0.2) is 61.2 Å². The second-order valence-corrected chi connectivity index (χ2v) is 7.96. The summed E-state index contributed by atoms with van der Waals surface area (Å²) in [6.07, 6.45) is 1.16. The first-order valence-electron chi connectivity index (χ1n) is 11.3. The number of aliphatic carboxylic acids is 1. The van der Waals surface area contributed by atoms with Gasteiger partial charge in [-0.05, 0) is 35.1 Å². The van der Waals surface area contributed by atoms with Crippen LogP contribution in [-0.2, 0) is 14.3 Å². The van der Waals surface area contributed by atoms with Gasteiger partial charge < -0.3 is 24.8 Å². The summed E-state index contributed by atoms with van der Waals surface area (Å²) >= 11 is 0. The van der Waals surface area contributed by atoms with Crippen molar-refractivity contribution in [2.24, 2.45) is 0 Å². The van der Waals surface area contributed by atoms with Gasteiger partial charge in [0.15, 0.2) is 0 Å². The quantitative estimate of drug-likeness (QED) is 0.355. The molecule has 0 aromatic heterocycles. The van der Waals surface area contributed by atoms with Gasteiger partial charge in [-0.25, -0.2) is 9.59 Å². The fourth-order valence-electron chi connectivity index (χ4n) is 4.05. The summed E-state index contributed by atoms with van der Waals surface area (Å²) in [6, 6.07) is 16.2. The standard InChI is InChI=1S/C26H30N2O6/c1-2-17-33-25(31)27-14-8-16-28(15-7-13-24(29)30)26(32)34-18-23-21-11-5-3-9-19(21)20-10-4-6-12-22(20)23/h2-6,9-12,23H,1,7-8,13-18H2,(H,27,31)(H,29,30). The number of nitrogens with one attached hydrogen (secondary N) is 1. The molecule has 0 unspecified atom stereocenters. The number of hydrogen-bond acceptors (Lipinski definition) is 5. The lowest BCUT2D eigenvalue weighted by Crippen LogP contribution is -2.36. The number of nitrogens with zero attached hydrogens (tertiary/aromatic N) is 1. The molecule has 1 aliphatic rings. The highest BCUT2D eigenvalue weighted by molar-refractivity contribution is 5.79.